The number of amides is 2. The summed E-state index contributed by atoms with van der Waals surface area (Å²) in [6.07, 6.45) is 7.66. The van der Waals surface area contributed by atoms with Crippen LogP contribution in [0.3, 0.4) is 0 Å². The average molecular weight is 453 g/mol. The van der Waals surface area contributed by atoms with Crippen LogP contribution in [0.1, 0.15) is 33.9 Å². The van der Waals surface area contributed by atoms with Gasteiger partial charge in [-0.1, -0.05) is 30.3 Å². The lowest BCUT2D eigenvalue weighted by atomic mass is 9.76. The fourth-order valence-electron chi connectivity index (χ4n) is 3.14. The van der Waals surface area contributed by atoms with Crippen molar-refractivity contribution in [3.63, 3.8) is 0 Å². The molecule has 0 bridgehead atoms. The van der Waals surface area contributed by atoms with Gasteiger partial charge in [-0.15, -0.1) is 11.3 Å². The Morgan fingerprint density at radius 1 is 1.06 bits per heavy atom. The molecule has 3 aromatic rings. The van der Waals surface area contributed by atoms with Crippen LogP contribution in [0.2, 0.25) is 0 Å². The molecular weight excluding hydrogens is 429 g/mol. The third-order valence-electron chi connectivity index (χ3n) is 4.79. The van der Waals surface area contributed by atoms with Gasteiger partial charge in [0.05, 0.1) is 17.1 Å². The van der Waals surface area contributed by atoms with E-state index in [-0.39, 0.29) is 12.1 Å². The quantitative estimate of drug-likeness (QED) is 0.315. The minimum Gasteiger partial charge on any atom is -0.426 e. The first-order chi connectivity index (χ1) is 15.5. The molecule has 0 saturated carbocycles. The zero-order chi connectivity index (χ0) is 22.8. The normalized spacial score (nSPS) is 12.6. The summed E-state index contributed by atoms with van der Waals surface area (Å²) in [6, 6.07) is 8.84. The molecule has 2 aromatic heterocycles. The first-order valence-corrected chi connectivity index (χ1v) is 11.1. The van der Waals surface area contributed by atoms with Gasteiger partial charge in [0.1, 0.15) is 11.7 Å². The molecule has 0 fully saturated rings. The van der Waals surface area contributed by atoms with E-state index in [0.717, 1.165) is 12.0 Å². The van der Waals surface area contributed by atoms with Crippen LogP contribution >= 0.6 is 11.3 Å². The van der Waals surface area contributed by atoms with Crippen molar-refractivity contribution in [3.05, 3.63) is 76.8 Å². The second kappa shape index (κ2) is 12.0. The Bertz CT molecular complexity index is 976. The van der Waals surface area contributed by atoms with Gasteiger partial charge in [-0.05, 0) is 24.8 Å². The maximum atomic E-state index is 13.0. The summed E-state index contributed by atoms with van der Waals surface area (Å²) in [5, 5.41) is 27.3. The van der Waals surface area contributed by atoms with E-state index in [4.69, 9.17) is 0 Å². The lowest BCUT2D eigenvalue weighted by Gasteiger charge is -2.22. The number of rotatable bonds is 11. The number of carbonyl (C=O) groups is 2. The largest absolute Gasteiger partial charge is 0.475 e. The number of thiazole rings is 1. The summed E-state index contributed by atoms with van der Waals surface area (Å²) in [7, 11) is -1.73. The molecule has 2 amide bonds. The van der Waals surface area contributed by atoms with Gasteiger partial charge >= 0.3 is 7.12 Å². The van der Waals surface area contributed by atoms with E-state index < -0.39 is 30.9 Å². The highest BCUT2D eigenvalue weighted by atomic mass is 32.1. The van der Waals surface area contributed by atoms with Gasteiger partial charge < -0.3 is 20.7 Å². The highest BCUT2D eigenvalue weighted by molar-refractivity contribution is 7.09. The Balaban J connectivity index is 1.64. The molecule has 2 unspecified atom stereocenters. The van der Waals surface area contributed by atoms with Crippen molar-refractivity contribution >= 4 is 30.3 Å². The predicted molar refractivity (Wildman–Crippen MR) is 121 cm³/mol. The Hall–Kier alpha value is -3.15. The van der Waals surface area contributed by atoms with E-state index >= 15 is 0 Å². The molecule has 9 nitrogen and oxygen atoms in total. The van der Waals surface area contributed by atoms with Crippen LogP contribution in [0.25, 0.3) is 0 Å². The standard InChI is InChI=1S/C21H24BN5O4S/c28-20(27-18(22(30)31)8-4-7-15-5-2-1-3-6-15)16(13-19-25-11-12-32-19)26-21(29)17-14-23-9-10-24-17/h1-3,5-6,9-12,14,16,18,30-31H,4,7-8,13H2,(H,26,29)(H,27,28). The van der Waals surface area contributed by atoms with Crippen molar-refractivity contribution in [3.8, 4) is 0 Å². The molecule has 32 heavy (non-hydrogen) atoms. The molecule has 0 aliphatic rings. The van der Waals surface area contributed by atoms with Gasteiger partial charge in [0.2, 0.25) is 5.91 Å². The van der Waals surface area contributed by atoms with Gasteiger partial charge in [-0.25, -0.2) is 9.97 Å². The van der Waals surface area contributed by atoms with E-state index in [1.165, 1.54) is 29.9 Å². The third-order valence-corrected chi connectivity index (χ3v) is 5.59. The second-order valence-electron chi connectivity index (χ2n) is 7.15. The third kappa shape index (κ3) is 7.22. The number of hydrogen-bond donors (Lipinski definition) is 4. The van der Waals surface area contributed by atoms with Crippen molar-refractivity contribution in [2.75, 3.05) is 0 Å². The molecule has 2 atom stereocenters. The zero-order valence-corrected chi connectivity index (χ0v) is 18.1. The molecule has 3 rings (SSSR count). The lowest BCUT2D eigenvalue weighted by molar-refractivity contribution is -0.123. The summed E-state index contributed by atoms with van der Waals surface area (Å²) < 4.78 is 0. The van der Waals surface area contributed by atoms with Gasteiger partial charge in [-0.2, -0.15) is 0 Å². The van der Waals surface area contributed by atoms with Crippen LogP contribution < -0.4 is 10.6 Å². The molecule has 2 heterocycles. The smallest absolute Gasteiger partial charge is 0.426 e. The molecule has 0 saturated heterocycles. The number of benzene rings is 1. The SMILES string of the molecule is O=C(NC(Cc1nccs1)C(=O)NC(CCCc1ccccc1)B(O)O)c1cnccn1. The summed E-state index contributed by atoms with van der Waals surface area (Å²) in [4.78, 5) is 37.5. The summed E-state index contributed by atoms with van der Waals surface area (Å²) in [5.74, 6) is -1.96. The molecular formula is C21H24BN5O4S. The summed E-state index contributed by atoms with van der Waals surface area (Å²) in [5.41, 5.74) is 1.20. The number of aromatic nitrogens is 3. The monoisotopic (exact) mass is 453 g/mol. The van der Waals surface area contributed by atoms with Crippen LogP contribution in [-0.2, 0) is 17.6 Å². The van der Waals surface area contributed by atoms with E-state index in [1.807, 2.05) is 30.3 Å². The van der Waals surface area contributed by atoms with Gasteiger partial charge in [0.25, 0.3) is 5.91 Å². The van der Waals surface area contributed by atoms with Crippen LogP contribution in [0, 0.1) is 0 Å². The van der Waals surface area contributed by atoms with Crippen molar-refractivity contribution < 1.29 is 19.6 Å². The van der Waals surface area contributed by atoms with Crippen LogP contribution in [0.4, 0.5) is 0 Å². The van der Waals surface area contributed by atoms with Crippen molar-refractivity contribution in [1.82, 2.24) is 25.6 Å². The molecule has 0 radical (unpaired) electrons. The Morgan fingerprint density at radius 3 is 2.53 bits per heavy atom. The molecule has 0 aliphatic carbocycles. The number of aryl methyl sites for hydroxylation is 1. The van der Waals surface area contributed by atoms with Gasteiger partial charge in [-0.3, -0.25) is 14.6 Å². The maximum Gasteiger partial charge on any atom is 0.475 e. The molecule has 166 valence electrons. The van der Waals surface area contributed by atoms with Crippen LogP contribution in [0.5, 0.6) is 0 Å². The highest BCUT2D eigenvalue weighted by Crippen LogP contribution is 2.11. The first-order valence-electron chi connectivity index (χ1n) is 10.2. The van der Waals surface area contributed by atoms with Gasteiger partial charge in [0, 0.05) is 30.4 Å². The van der Waals surface area contributed by atoms with Crippen LogP contribution in [0.15, 0.2) is 60.5 Å². The second-order valence-corrected chi connectivity index (χ2v) is 8.13. The van der Waals surface area contributed by atoms with E-state index in [9.17, 15) is 19.6 Å². The van der Waals surface area contributed by atoms with Crippen molar-refractivity contribution in [2.45, 2.75) is 37.7 Å². The maximum absolute atomic E-state index is 13.0. The first kappa shape index (κ1) is 23.5. The van der Waals surface area contributed by atoms with Gasteiger partial charge in [0.15, 0.2) is 0 Å². The Labute approximate surface area is 190 Å². The van der Waals surface area contributed by atoms with Crippen molar-refractivity contribution in [1.29, 1.82) is 0 Å². The van der Waals surface area contributed by atoms with E-state index in [1.54, 1.807) is 11.6 Å². The number of carbonyl (C=O) groups excluding carboxylic acids is 2. The minimum atomic E-state index is -1.73. The van der Waals surface area contributed by atoms with Crippen molar-refractivity contribution in [2.24, 2.45) is 0 Å². The Morgan fingerprint density at radius 2 is 1.88 bits per heavy atom. The fourth-order valence-corrected chi connectivity index (χ4v) is 3.80. The average Bonchev–Trinajstić information content (AvgIpc) is 3.32. The van der Waals surface area contributed by atoms with E-state index in [2.05, 4.69) is 25.6 Å². The Kier molecular flexibility index (Phi) is 8.84. The fraction of sp³-hybridized carbons (Fsp3) is 0.286. The summed E-state index contributed by atoms with van der Waals surface area (Å²) >= 11 is 1.36. The molecule has 1 aromatic carbocycles. The molecule has 11 heteroatoms. The molecule has 4 N–H and O–H groups in total. The minimum absolute atomic E-state index is 0.0750. The molecule has 0 aliphatic heterocycles. The topological polar surface area (TPSA) is 137 Å². The van der Waals surface area contributed by atoms with E-state index in [0.29, 0.717) is 17.8 Å². The lowest BCUT2D eigenvalue weighted by Crippen LogP contribution is -2.54. The summed E-state index contributed by atoms with van der Waals surface area (Å²) in [6.45, 7) is 0. The zero-order valence-electron chi connectivity index (χ0n) is 17.3. The molecule has 0 spiro atoms. The predicted octanol–water partition coefficient (Wildman–Crippen LogP) is 0.794. The number of nitrogens with one attached hydrogen (secondary N) is 2. The highest BCUT2D eigenvalue weighted by Gasteiger charge is 2.30. The number of nitrogens with zero attached hydrogens (tertiary/aromatic N) is 3. The van der Waals surface area contributed by atoms with Crippen LogP contribution in [-0.4, -0.2) is 55.9 Å². The number of hydrogen-bond acceptors (Lipinski definition) is 8.